The molecule has 1 amide bonds. The summed E-state index contributed by atoms with van der Waals surface area (Å²) in [4.78, 5) is 18.0. The molecule has 0 bridgehead atoms. The van der Waals surface area contributed by atoms with Gasteiger partial charge in [0.05, 0.1) is 16.8 Å². The van der Waals surface area contributed by atoms with Gasteiger partial charge in [0.15, 0.2) is 0 Å². The van der Waals surface area contributed by atoms with Crippen LogP contribution in [0.4, 0.5) is 10.1 Å². The van der Waals surface area contributed by atoms with Gasteiger partial charge in [-0.25, -0.2) is 9.37 Å². The van der Waals surface area contributed by atoms with Crippen LogP contribution in [0.15, 0.2) is 66.7 Å². The maximum absolute atomic E-state index is 13.9. The van der Waals surface area contributed by atoms with Gasteiger partial charge in [-0.3, -0.25) is 4.79 Å². The van der Waals surface area contributed by atoms with Crippen LogP contribution in [0.2, 0.25) is 5.02 Å². The lowest BCUT2D eigenvalue weighted by atomic mass is 9.97. The molecule has 29 heavy (non-hydrogen) atoms. The molecule has 0 radical (unpaired) electrons. The Labute approximate surface area is 173 Å². The van der Waals surface area contributed by atoms with E-state index in [1.165, 1.54) is 6.07 Å². The van der Waals surface area contributed by atoms with Crippen LogP contribution in [-0.2, 0) is 0 Å². The van der Waals surface area contributed by atoms with Gasteiger partial charge in [0.2, 0.25) is 0 Å². The predicted octanol–water partition coefficient (Wildman–Crippen LogP) is 6.56. The monoisotopic (exact) mass is 404 g/mol. The molecule has 0 aliphatic rings. The number of rotatable bonds is 3. The van der Waals surface area contributed by atoms with Crippen LogP contribution in [0.1, 0.15) is 21.5 Å². The first-order chi connectivity index (χ1) is 13.9. The van der Waals surface area contributed by atoms with Crippen LogP contribution >= 0.6 is 11.6 Å². The number of amides is 1. The number of fused-ring (bicyclic) bond motifs is 1. The lowest BCUT2D eigenvalue weighted by Crippen LogP contribution is -2.15. The minimum atomic E-state index is -0.360. The van der Waals surface area contributed by atoms with Crippen LogP contribution < -0.4 is 5.32 Å². The van der Waals surface area contributed by atoms with Gasteiger partial charge in [-0.05, 0) is 55.3 Å². The number of aromatic nitrogens is 1. The molecule has 4 aromatic rings. The second kappa shape index (κ2) is 7.64. The molecular weight excluding hydrogens is 387 g/mol. The van der Waals surface area contributed by atoms with E-state index >= 15 is 0 Å². The number of hydrogen-bond acceptors (Lipinski definition) is 2. The highest BCUT2D eigenvalue weighted by Gasteiger charge is 2.19. The van der Waals surface area contributed by atoms with E-state index in [0.717, 1.165) is 16.5 Å². The third-order valence-corrected chi connectivity index (χ3v) is 5.16. The maximum Gasteiger partial charge on any atom is 0.256 e. The van der Waals surface area contributed by atoms with Crippen molar-refractivity contribution in [1.82, 2.24) is 4.98 Å². The molecule has 0 spiro atoms. The Morgan fingerprint density at radius 2 is 1.72 bits per heavy atom. The average molecular weight is 405 g/mol. The standard InChI is InChI=1S/C24H18ClFN2O/c1-14-7-12-18(13-20(14)26)27-24(29)22-15(2)23(16-8-10-17(25)11-9-16)28-21-6-4-3-5-19(21)22/h3-13H,1-2H3,(H,27,29). The van der Waals surface area contributed by atoms with E-state index < -0.39 is 0 Å². The van der Waals surface area contributed by atoms with Gasteiger partial charge in [-0.2, -0.15) is 0 Å². The summed E-state index contributed by atoms with van der Waals surface area (Å²) in [6, 6.07) is 19.5. The van der Waals surface area contributed by atoms with E-state index in [1.54, 1.807) is 31.2 Å². The minimum absolute atomic E-state index is 0.306. The predicted molar refractivity (Wildman–Crippen MR) is 116 cm³/mol. The summed E-state index contributed by atoms with van der Waals surface area (Å²) in [5.74, 6) is -0.666. The highest BCUT2D eigenvalue weighted by molar-refractivity contribution is 6.30. The summed E-state index contributed by atoms with van der Waals surface area (Å²) in [7, 11) is 0. The van der Waals surface area contributed by atoms with Gasteiger partial charge in [0.1, 0.15) is 5.82 Å². The number of carbonyl (C=O) groups is 1. The molecule has 1 N–H and O–H groups in total. The summed E-state index contributed by atoms with van der Waals surface area (Å²) in [6.45, 7) is 3.55. The fourth-order valence-corrected chi connectivity index (χ4v) is 3.48. The van der Waals surface area contributed by atoms with Crippen molar-refractivity contribution in [2.24, 2.45) is 0 Å². The molecule has 3 nitrogen and oxygen atoms in total. The van der Waals surface area contributed by atoms with Crippen molar-refractivity contribution in [3.8, 4) is 11.3 Å². The molecule has 0 unspecified atom stereocenters. The number of carbonyl (C=O) groups excluding carboxylic acids is 1. The van der Waals surface area contributed by atoms with E-state index in [2.05, 4.69) is 5.32 Å². The third-order valence-electron chi connectivity index (χ3n) is 4.91. The Morgan fingerprint density at radius 1 is 1.00 bits per heavy atom. The molecule has 3 aromatic carbocycles. The van der Waals surface area contributed by atoms with Crippen LogP contribution in [-0.4, -0.2) is 10.9 Å². The third kappa shape index (κ3) is 3.71. The van der Waals surface area contributed by atoms with Gasteiger partial charge in [0, 0.05) is 21.7 Å². The molecule has 1 heterocycles. The quantitative estimate of drug-likeness (QED) is 0.420. The summed E-state index contributed by atoms with van der Waals surface area (Å²) in [5, 5.41) is 4.19. The Morgan fingerprint density at radius 3 is 2.45 bits per heavy atom. The molecule has 0 aliphatic carbocycles. The zero-order valence-electron chi connectivity index (χ0n) is 16.0. The number of anilines is 1. The van der Waals surface area contributed by atoms with Crippen molar-refractivity contribution in [1.29, 1.82) is 0 Å². The molecule has 0 aliphatic heterocycles. The van der Waals surface area contributed by atoms with Crippen LogP contribution in [0, 0.1) is 19.7 Å². The van der Waals surface area contributed by atoms with Crippen molar-refractivity contribution >= 4 is 34.1 Å². The first-order valence-electron chi connectivity index (χ1n) is 9.17. The SMILES string of the molecule is Cc1ccc(NC(=O)c2c(C)c(-c3ccc(Cl)cc3)nc3ccccc23)cc1F. The maximum atomic E-state index is 13.9. The van der Waals surface area contributed by atoms with E-state index in [0.29, 0.717) is 33.0 Å². The molecule has 1 aromatic heterocycles. The van der Waals surface area contributed by atoms with Gasteiger partial charge >= 0.3 is 0 Å². The highest BCUT2D eigenvalue weighted by Crippen LogP contribution is 2.31. The first kappa shape index (κ1) is 19.1. The Bertz CT molecular complexity index is 1240. The van der Waals surface area contributed by atoms with E-state index in [9.17, 15) is 9.18 Å². The highest BCUT2D eigenvalue weighted by atomic mass is 35.5. The minimum Gasteiger partial charge on any atom is -0.322 e. The Balaban J connectivity index is 1.85. The smallest absolute Gasteiger partial charge is 0.256 e. The number of benzene rings is 3. The molecule has 0 atom stereocenters. The molecule has 4 rings (SSSR count). The lowest BCUT2D eigenvalue weighted by Gasteiger charge is -2.15. The van der Waals surface area contributed by atoms with Gasteiger partial charge in [-0.1, -0.05) is 48.0 Å². The zero-order valence-corrected chi connectivity index (χ0v) is 16.7. The molecule has 144 valence electrons. The van der Waals surface area contributed by atoms with Crippen LogP contribution in [0.5, 0.6) is 0 Å². The van der Waals surface area contributed by atoms with Crippen LogP contribution in [0.25, 0.3) is 22.2 Å². The molecule has 0 fully saturated rings. The van der Waals surface area contributed by atoms with E-state index in [-0.39, 0.29) is 11.7 Å². The van der Waals surface area contributed by atoms with Crippen molar-refractivity contribution in [2.75, 3.05) is 5.32 Å². The van der Waals surface area contributed by atoms with Crippen molar-refractivity contribution < 1.29 is 9.18 Å². The summed E-state index contributed by atoms with van der Waals surface area (Å²) < 4.78 is 13.9. The van der Waals surface area contributed by atoms with E-state index in [1.807, 2.05) is 43.3 Å². The first-order valence-corrected chi connectivity index (χ1v) is 9.54. The topological polar surface area (TPSA) is 42.0 Å². The number of nitrogens with zero attached hydrogens (tertiary/aromatic N) is 1. The lowest BCUT2D eigenvalue weighted by molar-refractivity contribution is 0.102. The van der Waals surface area contributed by atoms with Gasteiger partial charge in [0.25, 0.3) is 5.91 Å². The Hall–Kier alpha value is -3.24. The molecular formula is C24H18ClFN2O. The fraction of sp³-hybridized carbons (Fsp3) is 0.0833. The normalized spacial score (nSPS) is 10.9. The summed E-state index contributed by atoms with van der Waals surface area (Å²) >= 11 is 6.01. The average Bonchev–Trinajstić information content (AvgIpc) is 2.71. The van der Waals surface area contributed by atoms with Gasteiger partial charge < -0.3 is 5.32 Å². The Kier molecular flexibility index (Phi) is 5.03. The second-order valence-corrected chi connectivity index (χ2v) is 7.34. The number of halogens is 2. The number of nitrogens with one attached hydrogen (secondary N) is 1. The molecule has 0 saturated carbocycles. The van der Waals surface area contributed by atoms with Crippen molar-refractivity contribution in [3.05, 3.63) is 94.3 Å². The number of pyridine rings is 1. The number of aryl methyl sites for hydroxylation is 1. The van der Waals surface area contributed by atoms with E-state index in [4.69, 9.17) is 16.6 Å². The summed E-state index contributed by atoms with van der Waals surface area (Å²) in [6.07, 6.45) is 0. The summed E-state index contributed by atoms with van der Waals surface area (Å²) in [5.41, 5.74) is 4.49. The molecule has 0 saturated heterocycles. The van der Waals surface area contributed by atoms with Crippen molar-refractivity contribution in [2.45, 2.75) is 13.8 Å². The number of hydrogen-bond donors (Lipinski definition) is 1. The van der Waals surface area contributed by atoms with Crippen molar-refractivity contribution in [3.63, 3.8) is 0 Å². The fourth-order valence-electron chi connectivity index (χ4n) is 3.35. The number of para-hydroxylation sites is 1. The van der Waals surface area contributed by atoms with Crippen LogP contribution in [0.3, 0.4) is 0 Å². The zero-order chi connectivity index (χ0) is 20.5. The largest absolute Gasteiger partial charge is 0.322 e. The molecule has 5 heteroatoms. The second-order valence-electron chi connectivity index (χ2n) is 6.90. The van der Waals surface area contributed by atoms with Gasteiger partial charge in [-0.15, -0.1) is 0 Å².